The second-order valence-corrected chi connectivity index (χ2v) is 10.3. The molecule has 0 unspecified atom stereocenters. The van der Waals surface area contributed by atoms with Gasteiger partial charge in [-0.05, 0) is 28.1 Å². The Labute approximate surface area is 184 Å². The highest BCUT2D eigenvalue weighted by molar-refractivity contribution is 9.10. The van der Waals surface area contributed by atoms with Crippen LogP contribution in [0.5, 0.6) is 0 Å². The first-order valence-electron chi connectivity index (χ1n) is 6.33. The third-order valence-electron chi connectivity index (χ3n) is 3.21. The average molecular weight is 565 g/mol. The predicted octanol–water partition coefficient (Wildman–Crippen LogP) is 6.63. The molecule has 2 aromatic rings. The average Bonchev–Trinajstić information content (AvgIpc) is 2.77. The van der Waals surface area contributed by atoms with Gasteiger partial charge in [0.2, 0.25) is 14.0 Å². The van der Waals surface area contributed by atoms with Crippen LogP contribution >= 0.6 is 73.9 Å². The molecule has 0 spiro atoms. The molecule has 0 saturated heterocycles. The van der Waals surface area contributed by atoms with Crippen molar-refractivity contribution in [1.29, 1.82) is 5.26 Å². The molecule has 0 aliphatic rings. The number of hydrogen-bond acceptors (Lipinski definition) is 3. The standard InChI is InChI=1S/C13H3BrCl5F3N2O2S/c14-10-9(27(25,26)12(18)19)5(3-23)11(17)24(10)8-6(15)1-4(2-7(8)16)13(20,21)22/h1-2,12H. The molecular weight excluding hydrogens is 562 g/mol. The van der Waals surface area contributed by atoms with Crippen molar-refractivity contribution in [2.24, 2.45) is 0 Å². The van der Waals surface area contributed by atoms with Crippen molar-refractivity contribution in [2.75, 3.05) is 0 Å². The van der Waals surface area contributed by atoms with Gasteiger partial charge in [0.15, 0.2) is 0 Å². The van der Waals surface area contributed by atoms with Gasteiger partial charge >= 0.3 is 6.18 Å². The van der Waals surface area contributed by atoms with Crippen molar-refractivity contribution >= 4 is 83.8 Å². The zero-order valence-electron chi connectivity index (χ0n) is 12.3. The molecule has 1 aromatic heterocycles. The monoisotopic (exact) mass is 562 g/mol. The minimum Gasteiger partial charge on any atom is -0.289 e. The highest BCUT2D eigenvalue weighted by Gasteiger charge is 2.37. The first-order chi connectivity index (χ1) is 12.2. The van der Waals surface area contributed by atoms with Crippen LogP contribution in [0.25, 0.3) is 5.69 Å². The summed E-state index contributed by atoms with van der Waals surface area (Å²) in [6, 6.07) is 2.75. The van der Waals surface area contributed by atoms with Gasteiger partial charge in [-0.3, -0.25) is 4.57 Å². The van der Waals surface area contributed by atoms with E-state index in [9.17, 15) is 26.9 Å². The molecule has 1 heterocycles. The van der Waals surface area contributed by atoms with Crippen LogP contribution in [0.15, 0.2) is 21.6 Å². The third kappa shape index (κ3) is 4.04. The summed E-state index contributed by atoms with van der Waals surface area (Å²) in [5.74, 6) is 0. The zero-order valence-corrected chi connectivity index (χ0v) is 18.4. The van der Waals surface area contributed by atoms with Crippen LogP contribution in [0.1, 0.15) is 11.1 Å². The van der Waals surface area contributed by atoms with Crippen LogP contribution in [0.4, 0.5) is 13.2 Å². The predicted molar refractivity (Wildman–Crippen MR) is 101 cm³/mol. The topological polar surface area (TPSA) is 62.9 Å². The molecule has 0 N–H and O–H groups in total. The van der Waals surface area contributed by atoms with Gasteiger partial charge in [0.05, 0.1) is 21.3 Å². The van der Waals surface area contributed by atoms with E-state index in [2.05, 4.69) is 15.9 Å². The van der Waals surface area contributed by atoms with Crippen molar-refractivity contribution in [3.05, 3.63) is 43.1 Å². The fraction of sp³-hybridized carbons (Fsp3) is 0.154. The zero-order chi connectivity index (χ0) is 20.9. The number of nitrogens with zero attached hydrogens (tertiary/aromatic N) is 2. The maximum atomic E-state index is 12.9. The highest BCUT2D eigenvalue weighted by atomic mass is 79.9. The van der Waals surface area contributed by atoms with Gasteiger partial charge in [0.1, 0.15) is 26.3 Å². The van der Waals surface area contributed by atoms with Crippen molar-refractivity contribution in [3.63, 3.8) is 0 Å². The second-order valence-electron chi connectivity index (χ2n) is 4.82. The van der Waals surface area contributed by atoms with Crippen LogP contribution in [-0.2, 0) is 16.0 Å². The van der Waals surface area contributed by atoms with E-state index >= 15 is 0 Å². The molecule has 0 amide bonds. The number of nitriles is 1. The van der Waals surface area contributed by atoms with Crippen molar-refractivity contribution in [1.82, 2.24) is 4.57 Å². The molecule has 0 fully saturated rings. The quantitative estimate of drug-likeness (QED) is 0.393. The van der Waals surface area contributed by atoms with Gasteiger partial charge in [0.25, 0.3) is 0 Å². The molecular formula is C13H3BrCl5F3N2O2S. The molecule has 0 saturated carbocycles. The van der Waals surface area contributed by atoms with Gasteiger partial charge in [-0.1, -0.05) is 58.0 Å². The Morgan fingerprint density at radius 1 is 1.15 bits per heavy atom. The fourth-order valence-corrected chi connectivity index (χ4v) is 5.90. The van der Waals surface area contributed by atoms with Gasteiger partial charge in [0, 0.05) is 0 Å². The molecule has 0 atom stereocenters. The molecule has 27 heavy (non-hydrogen) atoms. The van der Waals surface area contributed by atoms with Crippen LogP contribution < -0.4 is 0 Å². The molecule has 1 aromatic carbocycles. The van der Waals surface area contributed by atoms with Crippen LogP contribution in [-0.4, -0.2) is 17.2 Å². The van der Waals surface area contributed by atoms with E-state index in [4.69, 9.17) is 58.0 Å². The number of halogens is 9. The first-order valence-corrected chi connectivity index (χ1v) is 10.7. The van der Waals surface area contributed by atoms with Crippen LogP contribution in [0, 0.1) is 11.3 Å². The summed E-state index contributed by atoms with van der Waals surface area (Å²) >= 11 is 31.8. The van der Waals surface area contributed by atoms with Gasteiger partial charge in [-0.25, -0.2) is 8.42 Å². The maximum absolute atomic E-state index is 12.9. The van der Waals surface area contributed by atoms with E-state index < -0.39 is 51.4 Å². The number of hydrogen-bond donors (Lipinski definition) is 0. The van der Waals surface area contributed by atoms with E-state index in [-0.39, 0.29) is 10.3 Å². The Bertz CT molecular complexity index is 1050. The first kappa shape index (κ1) is 22.9. The molecule has 2 rings (SSSR count). The normalized spacial score (nSPS) is 12.5. The summed E-state index contributed by atoms with van der Waals surface area (Å²) in [6.07, 6.45) is -4.72. The molecule has 14 heteroatoms. The Hall–Kier alpha value is -0.340. The molecule has 0 radical (unpaired) electrons. The molecule has 0 bridgehead atoms. The van der Waals surface area contributed by atoms with Crippen molar-refractivity contribution in [3.8, 4) is 11.8 Å². The van der Waals surface area contributed by atoms with E-state index in [0.29, 0.717) is 12.1 Å². The Kier molecular flexibility index (Phi) is 6.65. The summed E-state index contributed by atoms with van der Waals surface area (Å²) in [5.41, 5.74) is -1.95. The summed E-state index contributed by atoms with van der Waals surface area (Å²) < 4.78 is 62.0. The van der Waals surface area contributed by atoms with Crippen LogP contribution in [0.2, 0.25) is 15.2 Å². The van der Waals surface area contributed by atoms with Gasteiger partial charge < -0.3 is 0 Å². The largest absolute Gasteiger partial charge is 0.416 e. The molecule has 0 aliphatic carbocycles. The minimum atomic E-state index is -4.72. The van der Waals surface area contributed by atoms with Gasteiger partial charge in [-0.2, -0.15) is 18.4 Å². The number of alkyl halides is 5. The lowest BCUT2D eigenvalue weighted by molar-refractivity contribution is -0.137. The lowest BCUT2D eigenvalue weighted by Crippen LogP contribution is -2.11. The van der Waals surface area contributed by atoms with E-state index in [1.807, 2.05) is 0 Å². The summed E-state index contributed by atoms with van der Waals surface area (Å²) in [5, 5.41) is 7.83. The molecule has 146 valence electrons. The Morgan fingerprint density at radius 3 is 2.00 bits per heavy atom. The summed E-state index contributed by atoms with van der Waals surface area (Å²) in [7, 11) is -4.43. The van der Waals surface area contributed by atoms with E-state index in [1.54, 1.807) is 6.07 Å². The third-order valence-corrected chi connectivity index (χ3v) is 8.00. The number of rotatable bonds is 3. The lowest BCUT2D eigenvalue weighted by Gasteiger charge is -2.15. The summed E-state index contributed by atoms with van der Waals surface area (Å²) in [6.45, 7) is 0. The Balaban J connectivity index is 2.92. The second kappa shape index (κ2) is 7.82. The van der Waals surface area contributed by atoms with Crippen molar-refractivity contribution < 1.29 is 21.6 Å². The molecule has 4 nitrogen and oxygen atoms in total. The SMILES string of the molecule is N#Cc1c(S(=O)(=O)C(Cl)Cl)c(Br)n(-c2c(Cl)cc(C(F)(F)F)cc2Cl)c1Cl. The maximum Gasteiger partial charge on any atom is 0.416 e. The fourth-order valence-electron chi connectivity index (χ4n) is 2.08. The number of benzene rings is 1. The van der Waals surface area contributed by atoms with Gasteiger partial charge in [-0.15, -0.1) is 0 Å². The summed E-state index contributed by atoms with van der Waals surface area (Å²) in [4.78, 5) is -0.656. The van der Waals surface area contributed by atoms with Crippen molar-refractivity contribution in [2.45, 2.75) is 15.2 Å². The smallest absolute Gasteiger partial charge is 0.289 e. The van der Waals surface area contributed by atoms with Crippen LogP contribution in [0.3, 0.4) is 0 Å². The number of aromatic nitrogens is 1. The minimum absolute atomic E-state index is 0.276. The molecule has 0 aliphatic heterocycles. The number of sulfone groups is 1. The Morgan fingerprint density at radius 2 is 1.63 bits per heavy atom. The van der Waals surface area contributed by atoms with E-state index in [0.717, 1.165) is 4.57 Å². The highest BCUT2D eigenvalue weighted by Crippen LogP contribution is 2.44. The van der Waals surface area contributed by atoms with E-state index in [1.165, 1.54) is 0 Å². The lowest BCUT2D eigenvalue weighted by atomic mass is 10.2.